The molecule has 0 saturated carbocycles. The molecule has 0 amide bonds. The molecule has 0 aliphatic rings. The Kier molecular flexibility index (Phi) is 59.5. The van der Waals surface area contributed by atoms with E-state index in [0.29, 0.717) is 0 Å². The molecule has 0 aromatic rings. The summed E-state index contributed by atoms with van der Waals surface area (Å²) in [6.45, 7) is 4.33. The van der Waals surface area contributed by atoms with Crippen LogP contribution >= 0.6 is 0 Å². The summed E-state index contributed by atoms with van der Waals surface area (Å²) in [5.41, 5.74) is 0. The van der Waals surface area contributed by atoms with Crippen LogP contribution in [0.1, 0.15) is 27.7 Å². The van der Waals surface area contributed by atoms with Crippen LogP contribution in [-0.4, -0.2) is 44.3 Å². The summed E-state index contributed by atoms with van der Waals surface area (Å²) in [7, 11) is 0. The Labute approximate surface area is 127 Å². The Morgan fingerprint density at radius 2 is 0.556 bits per heavy atom. The molecule has 107 valence electrons. The quantitative estimate of drug-likeness (QED) is 0.450. The van der Waals surface area contributed by atoms with Crippen molar-refractivity contribution in [3.8, 4) is 0 Å². The topological polar surface area (TPSA) is 149 Å². The number of carbonyl (C=O) groups is 4. The van der Waals surface area contributed by atoms with Crippen LogP contribution < -0.4 is 0 Å². The number of carboxylic acid groups (broad SMARTS) is 4. The average molecular weight is 365 g/mol. The maximum absolute atomic E-state index is 9.00. The normalized spacial score (nSPS) is 5.56. The zero-order valence-electron chi connectivity index (χ0n) is 10.5. The summed E-state index contributed by atoms with van der Waals surface area (Å²) < 4.78 is 0. The van der Waals surface area contributed by atoms with Crippen molar-refractivity contribution in [3.63, 3.8) is 0 Å². The van der Waals surface area contributed by atoms with Crippen molar-refractivity contribution in [3.05, 3.63) is 0 Å². The number of aliphatic carboxylic acids is 4. The Bertz CT molecular complexity index is 167. The summed E-state index contributed by atoms with van der Waals surface area (Å²) in [4.78, 5) is 36.0. The van der Waals surface area contributed by atoms with Gasteiger partial charge in [0.25, 0.3) is 23.9 Å². The van der Waals surface area contributed by atoms with Gasteiger partial charge in [-0.15, -0.1) is 0 Å². The van der Waals surface area contributed by atoms with Crippen molar-refractivity contribution in [2.24, 2.45) is 0 Å². The second-order valence-corrected chi connectivity index (χ2v) is 2.08. The van der Waals surface area contributed by atoms with Crippen molar-refractivity contribution in [2.45, 2.75) is 27.7 Å². The van der Waals surface area contributed by atoms with Gasteiger partial charge in [0.05, 0.1) is 0 Å². The predicted octanol–water partition coefficient (Wildman–Crippen LogP) is 0.359. The second kappa shape index (κ2) is 29.8. The SMILES string of the molecule is CC(=O)O.CC(=O)O.CC(=O)O.CC(=O)O.[Co].[Zn]. The van der Waals surface area contributed by atoms with E-state index >= 15 is 0 Å². The third-order valence-corrected chi connectivity index (χ3v) is 0. The van der Waals surface area contributed by atoms with E-state index in [1.165, 1.54) is 0 Å². The molecule has 0 fully saturated rings. The molecular weight excluding hydrogens is 348 g/mol. The number of rotatable bonds is 0. The van der Waals surface area contributed by atoms with Gasteiger partial charge in [0.2, 0.25) is 0 Å². The summed E-state index contributed by atoms with van der Waals surface area (Å²) in [6.07, 6.45) is 0. The van der Waals surface area contributed by atoms with Gasteiger partial charge in [0.15, 0.2) is 0 Å². The molecule has 0 saturated heterocycles. The van der Waals surface area contributed by atoms with Gasteiger partial charge in [-0.2, -0.15) is 0 Å². The summed E-state index contributed by atoms with van der Waals surface area (Å²) in [6, 6.07) is 0. The maximum atomic E-state index is 9.00. The fraction of sp³-hybridized carbons (Fsp3) is 0.500. The fourth-order valence-electron chi connectivity index (χ4n) is 0. The first-order chi connectivity index (χ1) is 6.93. The molecule has 0 atom stereocenters. The van der Waals surface area contributed by atoms with Crippen LogP contribution in [0.3, 0.4) is 0 Å². The predicted molar refractivity (Wildman–Crippen MR) is 53.2 cm³/mol. The van der Waals surface area contributed by atoms with Gasteiger partial charge in [-0.05, 0) is 0 Å². The first-order valence-corrected chi connectivity index (χ1v) is 3.71. The Hall–Kier alpha value is -0.990. The van der Waals surface area contributed by atoms with E-state index in [4.69, 9.17) is 39.6 Å². The van der Waals surface area contributed by atoms with Crippen LogP contribution in [0.25, 0.3) is 0 Å². The maximum Gasteiger partial charge on any atom is 0.300 e. The van der Waals surface area contributed by atoms with Crippen LogP contribution in [0, 0.1) is 0 Å². The minimum Gasteiger partial charge on any atom is -0.481 e. The zero-order valence-corrected chi connectivity index (χ0v) is 14.5. The molecule has 4 N–H and O–H groups in total. The van der Waals surface area contributed by atoms with Crippen LogP contribution in [0.2, 0.25) is 0 Å². The smallest absolute Gasteiger partial charge is 0.300 e. The molecule has 0 aliphatic heterocycles. The van der Waals surface area contributed by atoms with Crippen LogP contribution in [0.4, 0.5) is 0 Å². The van der Waals surface area contributed by atoms with Crippen molar-refractivity contribution in [2.75, 3.05) is 0 Å². The van der Waals surface area contributed by atoms with E-state index in [2.05, 4.69) is 0 Å². The summed E-state index contributed by atoms with van der Waals surface area (Å²) >= 11 is 0. The Balaban J connectivity index is -0.0000000257. The molecule has 1 radical (unpaired) electrons. The van der Waals surface area contributed by atoms with E-state index in [0.717, 1.165) is 27.7 Å². The number of carboxylic acids is 4. The molecule has 10 heteroatoms. The standard InChI is InChI=1S/4C2H4O2.Co.Zn/c4*1-2(3)4;;/h4*1H3,(H,3,4);;. The molecule has 8 nitrogen and oxygen atoms in total. The third kappa shape index (κ3) is 3010. The van der Waals surface area contributed by atoms with Gasteiger partial charge in [0.1, 0.15) is 0 Å². The van der Waals surface area contributed by atoms with E-state index in [1.54, 1.807) is 0 Å². The van der Waals surface area contributed by atoms with Gasteiger partial charge >= 0.3 is 0 Å². The van der Waals surface area contributed by atoms with Crippen LogP contribution in [0.15, 0.2) is 0 Å². The minimum absolute atomic E-state index is 0. The van der Waals surface area contributed by atoms with E-state index < -0.39 is 23.9 Å². The fourth-order valence-corrected chi connectivity index (χ4v) is 0. The van der Waals surface area contributed by atoms with E-state index in [9.17, 15) is 0 Å². The molecule has 0 bridgehead atoms. The third-order valence-electron chi connectivity index (χ3n) is 0. The first kappa shape index (κ1) is 36.0. The largest absolute Gasteiger partial charge is 0.481 e. The van der Waals surface area contributed by atoms with Crippen LogP contribution in [-0.2, 0) is 55.4 Å². The molecular formula is C8H16CoO8Zn. The number of hydrogen-bond acceptors (Lipinski definition) is 4. The van der Waals surface area contributed by atoms with Gasteiger partial charge < -0.3 is 20.4 Å². The molecule has 0 unspecified atom stereocenters. The molecule has 0 aromatic carbocycles. The van der Waals surface area contributed by atoms with Crippen molar-refractivity contribution >= 4 is 23.9 Å². The van der Waals surface area contributed by atoms with Gasteiger partial charge in [0, 0.05) is 64.0 Å². The first-order valence-electron chi connectivity index (χ1n) is 3.71. The Morgan fingerprint density at radius 3 is 0.556 bits per heavy atom. The van der Waals surface area contributed by atoms with E-state index in [1.807, 2.05) is 0 Å². The second-order valence-electron chi connectivity index (χ2n) is 2.08. The molecule has 0 aromatic heterocycles. The van der Waals surface area contributed by atoms with Gasteiger partial charge in [-0.3, -0.25) is 19.2 Å². The summed E-state index contributed by atoms with van der Waals surface area (Å²) in [5, 5.41) is 29.7. The monoisotopic (exact) mass is 363 g/mol. The van der Waals surface area contributed by atoms with Gasteiger partial charge in [-0.25, -0.2) is 0 Å². The average Bonchev–Trinajstić information content (AvgIpc) is 1.76. The van der Waals surface area contributed by atoms with Crippen molar-refractivity contribution in [1.82, 2.24) is 0 Å². The van der Waals surface area contributed by atoms with E-state index in [-0.39, 0.29) is 36.3 Å². The van der Waals surface area contributed by atoms with Crippen molar-refractivity contribution in [1.29, 1.82) is 0 Å². The molecule has 0 spiro atoms. The summed E-state index contributed by atoms with van der Waals surface area (Å²) in [5.74, 6) is -3.33. The molecule has 0 aliphatic carbocycles. The number of hydrogen-bond donors (Lipinski definition) is 4. The minimum atomic E-state index is -0.833. The van der Waals surface area contributed by atoms with Gasteiger partial charge in [-0.1, -0.05) is 0 Å². The Morgan fingerprint density at radius 1 is 0.556 bits per heavy atom. The zero-order chi connectivity index (χ0) is 14.3. The molecule has 0 rings (SSSR count). The molecule has 0 heterocycles. The van der Waals surface area contributed by atoms with Crippen molar-refractivity contribution < 1.29 is 75.9 Å². The molecule has 18 heavy (non-hydrogen) atoms. The van der Waals surface area contributed by atoms with Crippen LogP contribution in [0.5, 0.6) is 0 Å².